The number of nitrogen functional groups attached to an aromatic ring is 1. The summed E-state index contributed by atoms with van der Waals surface area (Å²) in [6.07, 6.45) is 2.96. The first-order valence-electron chi connectivity index (χ1n) is 10.5. The molecule has 1 fully saturated rings. The van der Waals surface area contributed by atoms with E-state index in [-0.39, 0.29) is 34.2 Å². The predicted molar refractivity (Wildman–Crippen MR) is 121 cm³/mol. The molecule has 4 heterocycles. The summed E-state index contributed by atoms with van der Waals surface area (Å²) in [5.41, 5.74) is 5.41. The average molecular weight is 487 g/mol. The smallest absolute Gasteiger partial charge is 0.412 e. The van der Waals surface area contributed by atoms with Gasteiger partial charge in [-0.15, -0.1) is 0 Å². The minimum absolute atomic E-state index is 0.0681. The fourth-order valence-electron chi connectivity index (χ4n) is 4.51. The lowest BCUT2D eigenvalue weighted by molar-refractivity contribution is -0.0418. The number of halogens is 2. The molecule has 1 spiro atoms. The number of rotatable bonds is 3. The van der Waals surface area contributed by atoms with E-state index in [1.54, 1.807) is 18.3 Å². The number of ether oxygens (including phenoxy) is 2. The van der Waals surface area contributed by atoms with Crippen LogP contribution in [0.25, 0.3) is 5.82 Å². The second-order valence-corrected chi connectivity index (χ2v) is 8.41. The summed E-state index contributed by atoms with van der Waals surface area (Å²) in [5, 5.41) is 6.62. The molecule has 12 heteroatoms. The molecule has 3 aromatic rings. The highest BCUT2D eigenvalue weighted by atomic mass is 35.5. The van der Waals surface area contributed by atoms with E-state index in [0.29, 0.717) is 31.0 Å². The lowest BCUT2D eigenvalue weighted by atomic mass is 9.83. The van der Waals surface area contributed by atoms with Crippen molar-refractivity contribution in [1.29, 1.82) is 0 Å². The van der Waals surface area contributed by atoms with Gasteiger partial charge in [0.15, 0.2) is 23.0 Å². The largest absolute Gasteiger partial charge is 0.493 e. The molecule has 0 radical (unpaired) electrons. The number of fused-ring (bicyclic) bond motifs is 2. The maximum Gasteiger partial charge on any atom is 0.412 e. The van der Waals surface area contributed by atoms with Gasteiger partial charge in [-0.25, -0.2) is 14.2 Å². The number of carbonyl (C=O) groups is 2. The number of piperidine rings is 1. The van der Waals surface area contributed by atoms with Gasteiger partial charge in [0.05, 0.1) is 36.1 Å². The average Bonchev–Trinajstić information content (AvgIpc) is 3.21. The molecule has 34 heavy (non-hydrogen) atoms. The number of anilines is 2. The molecule has 3 N–H and O–H groups in total. The van der Waals surface area contributed by atoms with Crippen molar-refractivity contribution >= 4 is 35.1 Å². The van der Waals surface area contributed by atoms with Gasteiger partial charge in [-0.2, -0.15) is 9.78 Å². The van der Waals surface area contributed by atoms with Crippen molar-refractivity contribution in [3.05, 3.63) is 58.6 Å². The molecule has 1 atom stereocenters. The summed E-state index contributed by atoms with van der Waals surface area (Å²) in [6.45, 7) is 0.293. The highest BCUT2D eigenvalue weighted by molar-refractivity contribution is 6.31. The van der Waals surface area contributed by atoms with Crippen molar-refractivity contribution in [3.8, 4) is 11.6 Å². The lowest BCUT2D eigenvalue weighted by Crippen LogP contribution is -2.53. The van der Waals surface area contributed by atoms with Crippen LogP contribution in [0, 0.1) is 5.82 Å². The number of hydrogen-bond acceptors (Lipinski definition) is 7. The van der Waals surface area contributed by atoms with Gasteiger partial charge in [-0.05, 0) is 37.1 Å². The third-order valence-corrected chi connectivity index (χ3v) is 6.32. The summed E-state index contributed by atoms with van der Waals surface area (Å²) >= 11 is 6.02. The Morgan fingerprint density at radius 2 is 2.21 bits per heavy atom. The number of likely N-dealkylation sites (tertiary alicyclic amines) is 1. The maximum atomic E-state index is 15.1. The number of methoxy groups -OCH3 is 1. The Labute approximate surface area is 198 Å². The van der Waals surface area contributed by atoms with Gasteiger partial charge in [0.1, 0.15) is 11.4 Å². The fourth-order valence-corrected chi connectivity index (χ4v) is 4.67. The maximum absolute atomic E-state index is 15.1. The van der Waals surface area contributed by atoms with Crippen molar-refractivity contribution in [2.75, 3.05) is 31.2 Å². The third-order valence-electron chi connectivity index (χ3n) is 6.03. The third kappa shape index (κ3) is 3.39. The molecule has 0 saturated carbocycles. The normalized spacial score (nSPS) is 19.4. The van der Waals surface area contributed by atoms with Crippen molar-refractivity contribution in [1.82, 2.24) is 19.7 Å². The van der Waals surface area contributed by atoms with Crippen molar-refractivity contribution in [3.63, 3.8) is 0 Å². The fraction of sp³-hybridized carbons (Fsp3) is 0.273. The van der Waals surface area contributed by atoms with Gasteiger partial charge in [0.2, 0.25) is 0 Å². The number of nitrogens with one attached hydrogen (secondary N) is 1. The monoisotopic (exact) mass is 486 g/mol. The summed E-state index contributed by atoms with van der Waals surface area (Å²) in [7, 11) is 1.49. The Morgan fingerprint density at radius 3 is 3.00 bits per heavy atom. The van der Waals surface area contributed by atoms with Crippen LogP contribution in [-0.2, 0) is 10.3 Å². The molecular formula is C22H20ClFN6O4. The SMILES string of the molecule is COc1cccnc1-n1ncc(C(=O)N2CCC[C@@]3(C2)OC(=O)Nc2ccc(Cl)c(F)c23)c1N. The molecule has 2 aliphatic heterocycles. The van der Waals surface area contributed by atoms with Crippen molar-refractivity contribution < 1.29 is 23.5 Å². The zero-order valence-corrected chi connectivity index (χ0v) is 18.8. The Morgan fingerprint density at radius 1 is 1.38 bits per heavy atom. The zero-order valence-electron chi connectivity index (χ0n) is 18.0. The van der Waals surface area contributed by atoms with E-state index in [9.17, 15) is 9.59 Å². The van der Waals surface area contributed by atoms with E-state index in [0.717, 1.165) is 0 Å². The Bertz CT molecular complexity index is 1310. The molecule has 5 rings (SSSR count). The van der Waals surface area contributed by atoms with E-state index >= 15 is 4.39 Å². The number of benzene rings is 1. The van der Waals surface area contributed by atoms with Crippen LogP contribution in [0.5, 0.6) is 5.75 Å². The van der Waals surface area contributed by atoms with Crippen LogP contribution >= 0.6 is 11.6 Å². The van der Waals surface area contributed by atoms with Crippen LogP contribution in [0.4, 0.5) is 20.7 Å². The quantitative estimate of drug-likeness (QED) is 0.581. The summed E-state index contributed by atoms with van der Waals surface area (Å²) in [4.78, 5) is 31.4. The van der Waals surface area contributed by atoms with Gasteiger partial charge in [0, 0.05) is 12.7 Å². The van der Waals surface area contributed by atoms with Crippen LogP contribution in [0.15, 0.2) is 36.7 Å². The number of hydrogen-bond donors (Lipinski definition) is 2. The minimum Gasteiger partial charge on any atom is -0.493 e. The first-order chi connectivity index (χ1) is 16.3. The molecule has 1 aromatic carbocycles. The van der Waals surface area contributed by atoms with Gasteiger partial charge in [0.25, 0.3) is 5.91 Å². The van der Waals surface area contributed by atoms with Gasteiger partial charge < -0.3 is 20.1 Å². The number of carbonyl (C=O) groups excluding carboxylic acids is 2. The molecule has 2 amide bonds. The van der Waals surface area contributed by atoms with E-state index in [2.05, 4.69) is 15.4 Å². The molecule has 0 aliphatic carbocycles. The first-order valence-corrected chi connectivity index (χ1v) is 10.8. The second-order valence-electron chi connectivity index (χ2n) is 8.01. The molecule has 0 unspecified atom stereocenters. The second kappa shape index (κ2) is 8.17. The number of nitrogens with two attached hydrogens (primary N) is 1. The van der Waals surface area contributed by atoms with Crippen molar-refractivity contribution in [2.45, 2.75) is 18.4 Å². The van der Waals surface area contributed by atoms with Crippen LogP contribution in [0.3, 0.4) is 0 Å². The summed E-state index contributed by atoms with van der Waals surface area (Å²) < 4.78 is 27.3. The summed E-state index contributed by atoms with van der Waals surface area (Å²) in [5.74, 6) is -0.300. The number of amides is 2. The molecule has 176 valence electrons. The Kier molecular flexibility index (Phi) is 5.28. The van der Waals surface area contributed by atoms with E-state index < -0.39 is 23.4 Å². The van der Waals surface area contributed by atoms with Gasteiger partial charge in [-0.3, -0.25) is 10.1 Å². The van der Waals surface area contributed by atoms with Gasteiger partial charge in [-0.1, -0.05) is 11.6 Å². The Hall–Kier alpha value is -3.86. The molecule has 2 aliphatic rings. The van der Waals surface area contributed by atoms with Crippen molar-refractivity contribution in [2.24, 2.45) is 0 Å². The van der Waals surface area contributed by atoms with E-state index in [1.165, 1.54) is 35.0 Å². The van der Waals surface area contributed by atoms with E-state index in [4.69, 9.17) is 26.8 Å². The molecule has 2 aromatic heterocycles. The standard InChI is InChI=1S/C22H20ClFN6O4/c1-33-15-4-2-8-26-19(15)30-18(25)12(10-27-30)20(31)29-9-3-7-22(11-29)16-14(28-21(32)34-22)6-5-13(23)17(16)24/h2,4-6,8,10H,3,7,9,11,25H2,1H3,(H,28,32)/t22-/m0/s1. The van der Waals surface area contributed by atoms with Crippen LogP contribution in [0.2, 0.25) is 5.02 Å². The highest BCUT2D eigenvalue weighted by Crippen LogP contribution is 2.45. The number of aromatic nitrogens is 3. The Balaban J connectivity index is 1.50. The van der Waals surface area contributed by atoms with Crippen LogP contribution < -0.4 is 15.8 Å². The lowest BCUT2D eigenvalue weighted by Gasteiger charge is -2.45. The summed E-state index contributed by atoms with van der Waals surface area (Å²) in [6, 6.07) is 6.28. The highest BCUT2D eigenvalue weighted by Gasteiger charge is 2.48. The van der Waals surface area contributed by atoms with Crippen LogP contribution in [0.1, 0.15) is 28.8 Å². The molecule has 0 bridgehead atoms. The minimum atomic E-state index is -1.38. The number of pyridine rings is 1. The molecule has 10 nitrogen and oxygen atoms in total. The van der Waals surface area contributed by atoms with Crippen LogP contribution in [-0.4, -0.2) is 51.9 Å². The van der Waals surface area contributed by atoms with Gasteiger partial charge >= 0.3 is 6.09 Å². The number of nitrogens with zero attached hydrogens (tertiary/aromatic N) is 4. The molecular weight excluding hydrogens is 467 g/mol. The van der Waals surface area contributed by atoms with E-state index in [1.807, 2.05) is 0 Å². The topological polar surface area (TPSA) is 125 Å². The predicted octanol–water partition coefficient (Wildman–Crippen LogP) is 3.34. The zero-order chi connectivity index (χ0) is 24.0. The first kappa shape index (κ1) is 22.0. The molecule has 1 saturated heterocycles.